The molecule has 1 rings (SSSR count). The van der Waals surface area contributed by atoms with Crippen molar-refractivity contribution >= 4 is 11.5 Å². The summed E-state index contributed by atoms with van der Waals surface area (Å²) >= 11 is 0. The summed E-state index contributed by atoms with van der Waals surface area (Å²) in [7, 11) is 3.56. The Bertz CT molecular complexity index is 358. The van der Waals surface area contributed by atoms with E-state index in [2.05, 4.69) is 10.3 Å². The number of carbonyl (C=O) groups excluding carboxylic acids is 1. The first kappa shape index (κ1) is 10.4. The molecule has 0 heterocycles. The Morgan fingerprint density at radius 3 is 2.50 bits per heavy atom. The van der Waals surface area contributed by atoms with Crippen LogP contribution >= 0.6 is 0 Å². The molecule has 0 fully saturated rings. The zero-order valence-electron chi connectivity index (χ0n) is 8.56. The largest absolute Gasteiger partial charge is 0.294 e. The Balaban J connectivity index is 3.02. The van der Waals surface area contributed by atoms with Crippen LogP contribution in [0.5, 0.6) is 0 Å². The molecule has 0 bridgehead atoms. The Kier molecular flexibility index (Phi) is 3.34. The smallest absolute Gasteiger partial charge is 0.162 e. The first-order valence-electron chi connectivity index (χ1n) is 4.30. The fraction of sp³-hybridized carbons (Fsp3) is 0.300. The van der Waals surface area contributed by atoms with Crippen molar-refractivity contribution in [3.05, 3.63) is 29.8 Å². The maximum Gasteiger partial charge on any atom is 0.162 e. The van der Waals surface area contributed by atoms with Crippen molar-refractivity contribution in [2.75, 3.05) is 14.1 Å². The topological polar surface area (TPSA) is 45.0 Å². The molecular formula is C10H13N3O. The van der Waals surface area contributed by atoms with Crippen molar-refractivity contribution in [3.63, 3.8) is 0 Å². The number of rotatable bonds is 3. The van der Waals surface area contributed by atoms with E-state index >= 15 is 0 Å². The van der Waals surface area contributed by atoms with Gasteiger partial charge in [0, 0.05) is 19.7 Å². The van der Waals surface area contributed by atoms with E-state index in [1.807, 2.05) is 12.1 Å². The Morgan fingerprint density at radius 2 is 1.93 bits per heavy atom. The lowest BCUT2D eigenvalue weighted by Gasteiger charge is -2.02. The highest BCUT2D eigenvalue weighted by Gasteiger charge is 2.04. The molecule has 14 heavy (non-hydrogen) atoms. The van der Waals surface area contributed by atoms with Gasteiger partial charge in [0.1, 0.15) is 0 Å². The van der Waals surface area contributed by atoms with Gasteiger partial charge in [0.05, 0.1) is 5.69 Å². The SMILES string of the molecule is CC(=O)c1ccccc1N=NN(C)C. The van der Waals surface area contributed by atoms with Crippen LogP contribution in [0.4, 0.5) is 5.69 Å². The molecule has 4 nitrogen and oxygen atoms in total. The van der Waals surface area contributed by atoms with E-state index in [4.69, 9.17) is 0 Å². The predicted octanol–water partition coefficient (Wildman–Crippen LogP) is 2.45. The van der Waals surface area contributed by atoms with Crippen LogP contribution in [0.2, 0.25) is 0 Å². The second-order valence-corrected chi connectivity index (χ2v) is 3.11. The minimum atomic E-state index is -0.00157. The van der Waals surface area contributed by atoms with Crippen LogP contribution < -0.4 is 0 Å². The number of Topliss-reactive ketones (excluding diaryl/α,β-unsaturated/α-hetero) is 1. The third kappa shape index (κ3) is 2.65. The summed E-state index contributed by atoms with van der Waals surface area (Å²) < 4.78 is 0. The highest BCUT2D eigenvalue weighted by atomic mass is 16.1. The van der Waals surface area contributed by atoms with Crippen LogP contribution in [0.3, 0.4) is 0 Å². The molecule has 1 aromatic rings. The molecule has 0 N–H and O–H groups in total. The molecule has 0 spiro atoms. The van der Waals surface area contributed by atoms with Gasteiger partial charge < -0.3 is 0 Å². The zero-order chi connectivity index (χ0) is 10.6. The van der Waals surface area contributed by atoms with Crippen LogP contribution in [0.25, 0.3) is 0 Å². The molecular weight excluding hydrogens is 178 g/mol. The van der Waals surface area contributed by atoms with E-state index in [1.165, 1.54) is 6.92 Å². The van der Waals surface area contributed by atoms with Crippen LogP contribution in [0.15, 0.2) is 34.6 Å². The number of ketones is 1. The lowest BCUT2D eigenvalue weighted by atomic mass is 10.1. The summed E-state index contributed by atoms with van der Waals surface area (Å²) in [5.74, 6) is -0.00157. The molecule has 0 aliphatic rings. The second-order valence-electron chi connectivity index (χ2n) is 3.11. The summed E-state index contributed by atoms with van der Waals surface area (Å²) in [6.45, 7) is 1.52. The molecule has 0 atom stereocenters. The number of nitrogens with zero attached hydrogens (tertiary/aromatic N) is 3. The lowest BCUT2D eigenvalue weighted by Crippen LogP contribution is -1.99. The highest BCUT2D eigenvalue weighted by Crippen LogP contribution is 2.19. The summed E-state index contributed by atoms with van der Waals surface area (Å²) in [6, 6.07) is 7.15. The first-order chi connectivity index (χ1) is 6.61. The van der Waals surface area contributed by atoms with E-state index in [0.29, 0.717) is 11.3 Å². The average molecular weight is 191 g/mol. The summed E-state index contributed by atoms with van der Waals surface area (Å²) in [5, 5.41) is 9.38. The van der Waals surface area contributed by atoms with Gasteiger partial charge in [0.2, 0.25) is 0 Å². The van der Waals surface area contributed by atoms with Gasteiger partial charge in [0.25, 0.3) is 0 Å². The minimum absolute atomic E-state index is 0.00157. The molecule has 0 radical (unpaired) electrons. The maximum atomic E-state index is 11.2. The Hall–Kier alpha value is -1.71. The number of benzene rings is 1. The molecule has 4 heteroatoms. The fourth-order valence-corrected chi connectivity index (χ4v) is 0.996. The second kappa shape index (κ2) is 4.50. The van der Waals surface area contributed by atoms with Crippen LogP contribution in [-0.4, -0.2) is 24.9 Å². The number of carbonyl (C=O) groups is 1. The molecule has 0 aliphatic heterocycles. The van der Waals surface area contributed by atoms with Gasteiger partial charge >= 0.3 is 0 Å². The normalized spacial score (nSPS) is 10.5. The average Bonchev–Trinajstić information content (AvgIpc) is 2.15. The first-order valence-corrected chi connectivity index (χ1v) is 4.30. The van der Waals surface area contributed by atoms with Crippen molar-refractivity contribution in [2.45, 2.75) is 6.92 Å². The molecule has 0 saturated heterocycles. The van der Waals surface area contributed by atoms with Crippen molar-refractivity contribution in [1.29, 1.82) is 0 Å². The molecule has 0 unspecified atom stereocenters. The summed E-state index contributed by atoms with van der Waals surface area (Å²) in [5.41, 5.74) is 1.20. The minimum Gasteiger partial charge on any atom is -0.294 e. The summed E-state index contributed by atoms with van der Waals surface area (Å²) in [6.07, 6.45) is 0. The predicted molar refractivity (Wildman–Crippen MR) is 54.6 cm³/mol. The molecule has 0 saturated carbocycles. The van der Waals surface area contributed by atoms with Crippen molar-refractivity contribution < 1.29 is 4.79 Å². The molecule has 0 amide bonds. The Labute approximate surface area is 83.2 Å². The summed E-state index contributed by atoms with van der Waals surface area (Å²) in [4.78, 5) is 11.2. The lowest BCUT2D eigenvalue weighted by molar-refractivity contribution is 0.101. The van der Waals surface area contributed by atoms with Gasteiger partial charge in [-0.3, -0.25) is 9.80 Å². The van der Waals surface area contributed by atoms with Crippen LogP contribution in [-0.2, 0) is 0 Å². The van der Waals surface area contributed by atoms with Gasteiger partial charge in [-0.1, -0.05) is 17.4 Å². The van der Waals surface area contributed by atoms with E-state index in [9.17, 15) is 4.79 Å². The van der Waals surface area contributed by atoms with Crippen LogP contribution in [0, 0.1) is 0 Å². The number of hydrogen-bond acceptors (Lipinski definition) is 3. The van der Waals surface area contributed by atoms with Gasteiger partial charge in [-0.15, -0.1) is 5.11 Å². The highest BCUT2D eigenvalue weighted by molar-refractivity contribution is 5.98. The van der Waals surface area contributed by atoms with Crippen molar-refractivity contribution in [1.82, 2.24) is 5.01 Å². The molecule has 0 aliphatic carbocycles. The Morgan fingerprint density at radius 1 is 1.29 bits per heavy atom. The van der Waals surface area contributed by atoms with Crippen molar-refractivity contribution in [2.24, 2.45) is 10.3 Å². The molecule has 74 valence electrons. The van der Waals surface area contributed by atoms with Crippen LogP contribution in [0.1, 0.15) is 17.3 Å². The monoisotopic (exact) mass is 191 g/mol. The van der Waals surface area contributed by atoms with Gasteiger partial charge in [-0.05, 0) is 19.1 Å². The van der Waals surface area contributed by atoms with Gasteiger partial charge in [-0.2, -0.15) is 0 Å². The standard InChI is InChI=1S/C10H13N3O/c1-8(14)9-6-4-5-7-10(9)11-12-13(2)3/h4-7H,1-3H3. The number of hydrogen-bond donors (Lipinski definition) is 0. The van der Waals surface area contributed by atoms with E-state index in [0.717, 1.165) is 0 Å². The molecule has 1 aromatic carbocycles. The zero-order valence-corrected chi connectivity index (χ0v) is 8.56. The van der Waals surface area contributed by atoms with E-state index in [1.54, 1.807) is 31.2 Å². The van der Waals surface area contributed by atoms with Gasteiger partial charge in [-0.25, -0.2) is 0 Å². The van der Waals surface area contributed by atoms with Gasteiger partial charge in [0.15, 0.2) is 5.78 Å². The quantitative estimate of drug-likeness (QED) is 0.418. The third-order valence-corrected chi connectivity index (χ3v) is 1.61. The van der Waals surface area contributed by atoms with Crippen molar-refractivity contribution in [3.8, 4) is 0 Å². The third-order valence-electron chi connectivity index (χ3n) is 1.61. The fourth-order valence-electron chi connectivity index (χ4n) is 0.996. The van der Waals surface area contributed by atoms with E-state index < -0.39 is 0 Å². The maximum absolute atomic E-state index is 11.2. The van der Waals surface area contributed by atoms with E-state index in [-0.39, 0.29) is 5.78 Å². The molecule has 0 aromatic heterocycles.